The van der Waals surface area contributed by atoms with Gasteiger partial charge in [-0.15, -0.1) is 0 Å². The summed E-state index contributed by atoms with van der Waals surface area (Å²) in [6.45, 7) is 5.25. The molecule has 0 aromatic heterocycles. The van der Waals surface area contributed by atoms with E-state index < -0.39 is 0 Å². The first-order chi connectivity index (χ1) is 9.69. The summed E-state index contributed by atoms with van der Waals surface area (Å²) in [5.74, 6) is 1.74. The number of benzene rings is 1. The summed E-state index contributed by atoms with van der Waals surface area (Å²) in [6, 6.07) is 7.15. The number of anilines is 1. The van der Waals surface area contributed by atoms with Crippen molar-refractivity contribution in [1.29, 1.82) is 0 Å². The van der Waals surface area contributed by atoms with Crippen LogP contribution in [0.15, 0.2) is 18.2 Å². The second-order valence-electron chi connectivity index (χ2n) is 6.57. The minimum absolute atomic E-state index is 0.299. The van der Waals surface area contributed by atoms with Gasteiger partial charge in [-0.25, -0.2) is 0 Å². The van der Waals surface area contributed by atoms with Crippen LogP contribution in [0.3, 0.4) is 0 Å². The quantitative estimate of drug-likeness (QED) is 0.836. The highest BCUT2D eigenvalue weighted by Crippen LogP contribution is 2.36. The van der Waals surface area contributed by atoms with Gasteiger partial charge < -0.3 is 16.0 Å². The second kappa shape index (κ2) is 5.74. The van der Waals surface area contributed by atoms with Crippen LogP contribution < -0.4 is 16.0 Å². The van der Waals surface area contributed by atoms with Gasteiger partial charge >= 0.3 is 0 Å². The Kier molecular flexibility index (Phi) is 3.99. The van der Waals surface area contributed by atoms with Crippen LogP contribution in [0.4, 0.5) is 5.69 Å². The molecule has 3 nitrogen and oxygen atoms in total. The van der Waals surface area contributed by atoms with Gasteiger partial charge in [0.05, 0.1) is 0 Å². The number of rotatable bonds is 6. The zero-order chi connectivity index (χ0) is 14.1. The van der Waals surface area contributed by atoms with E-state index in [1.165, 1.54) is 29.7 Å². The van der Waals surface area contributed by atoms with E-state index >= 15 is 0 Å². The van der Waals surface area contributed by atoms with Crippen molar-refractivity contribution < 1.29 is 0 Å². The lowest BCUT2D eigenvalue weighted by molar-refractivity contribution is 0.422. The molecule has 0 amide bonds. The van der Waals surface area contributed by atoms with Crippen LogP contribution in [-0.2, 0) is 6.42 Å². The molecule has 3 N–H and O–H groups in total. The van der Waals surface area contributed by atoms with Gasteiger partial charge in [0, 0.05) is 31.9 Å². The predicted octanol–water partition coefficient (Wildman–Crippen LogP) is 2.31. The summed E-state index contributed by atoms with van der Waals surface area (Å²) in [7, 11) is 2.17. The molecule has 1 saturated carbocycles. The fourth-order valence-electron chi connectivity index (χ4n) is 3.30. The number of hydrogen-bond acceptors (Lipinski definition) is 3. The van der Waals surface area contributed by atoms with Gasteiger partial charge in [0.25, 0.3) is 0 Å². The summed E-state index contributed by atoms with van der Waals surface area (Å²) in [5.41, 5.74) is 10.2. The van der Waals surface area contributed by atoms with E-state index in [2.05, 4.69) is 42.4 Å². The van der Waals surface area contributed by atoms with Crippen LogP contribution >= 0.6 is 0 Å². The van der Waals surface area contributed by atoms with Crippen LogP contribution in [0.5, 0.6) is 0 Å². The number of fused-ring (bicyclic) bond motifs is 1. The molecule has 3 heteroatoms. The molecule has 1 aromatic carbocycles. The number of nitrogens with one attached hydrogen (secondary N) is 1. The van der Waals surface area contributed by atoms with Crippen molar-refractivity contribution in [3.63, 3.8) is 0 Å². The fraction of sp³-hybridized carbons (Fsp3) is 0.647. The Labute approximate surface area is 122 Å². The molecule has 1 aliphatic heterocycles. The lowest BCUT2D eigenvalue weighted by atomic mass is 10.0. The van der Waals surface area contributed by atoms with Gasteiger partial charge in [-0.05, 0) is 54.8 Å². The van der Waals surface area contributed by atoms with Crippen molar-refractivity contribution in [2.45, 2.75) is 32.2 Å². The maximum Gasteiger partial charge on any atom is 0.0444 e. The summed E-state index contributed by atoms with van der Waals surface area (Å²) in [6.07, 6.45) is 4.00. The maximum absolute atomic E-state index is 5.98. The first-order valence-corrected chi connectivity index (χ1v) is 7.96. The van der Waals surface area contributed by atoms with Crippen molar-refractivity contribution in [3.8, 4) is 0 Å². The zero-order valence-corrected chi connectivity index (χ0v) is 12.7. The highest BCUT2D eigenvalue weighted by atomic mass is 15.1. The molecule has 2 aliphatic rings. The number of likely N-dealkylation sites (N-methyl/N-ethyl adjacent to an activating group) is 1. The lowest BCUT2D eigenvalue weighted by Gasteiger charge is -2.21. The number of hydrogen-bond donors (Lipinski definition) is 2. The van der Waals surface area contributed by atoms with Gasteiger partial charge in [-0.2, -0.15) is 0 Å². The Bertz CT molecular complexity index is 467. The summed E-state index contributed by atoms with van der Waals surface area (Å²) in [4.78, 5) is 2.33. The third-order valence-electron chi connectivity index (χ3n) is 4.98. The van der Waals surface area contributed by atoms with Gasteiger partial charge in [0.15, 0.2) is 0 Å². The Morgan fingerprint density at radius 3 is 2.90 bits per heavy atom. The Morgan fingerprint density at radius 2 is 2.20 bits per heavy atom. The first kappa shape index (κ1) is 13.9. The van der Waals surface area contributed by atoms with Crippen LogP contribution in [0.2, 0.25) is 0 Å². The van der Waals surface area contributed by atoms with Crippen LogP contribution in [-0.4, -0.2) is 26.7 Å². The molecular formula is C17H27N3. The van der Waals surface area contributed by atoms with E-state index in [4.69, 9.17) is 5.73 Å². The Hall–Kier alpha value is -1.06. The van der Waals surface area contributed by atoms with Crippen LogP contribution in [0.1, 0.15) is 36.9 Å². The van der Waals surface area contributed by atoms with E-state index in [1.54, 1.807) is 0 Å². The molecule has 110 valence electrons. The van der Waals surface area contributed by atoms with Crippen molar-refractivity contribution in [2.24, 2.45) is 17.6 Å². The monoisotopic (exact) mass is 273 g/mol. The largest absolute Gasteiger partial charge is 0.374 e. The maximum atomic E-state index is 5.98. The minimum Gasteiger partial charge on any atom is -0.374 e. The number of nitrogens with two attached hydrogens (primary N) is 1. The van der Waals surface area contributed by atoms with Crippen molar-refractivity contribution in [1.82, 2.24) is 5.32 Å². The molecule has 0 saturated heterocycles. The molecule has 3 rings (SSSR count). The summed E-state index contributed by atoms with van der Waals surface area (Å²) >= 11 is 0. The molecule has 1 aromatic rings. The molecule has 2 atom stereocenters. The standard InChI is InChI=1S/C17H27N3/c1-12(13-3-4-13)11-19-16(10-18)14-5-6-17-15(9-14)7-8-20(17)2/h5-6,9,12-13,16,19H,3-4,7-8,10-11,18H2,1-2H3. The molecule has 1 aliphatic carbocycles. The molecule has 0 spiro atoms. The second-order valence-corrected chi connectivity index (χ2v) is 6.57. The molecular weight excluding hydrogens is 246 g/mol. The van der Waals surface area contributed by atoms with Gasteiger partial charge in [0.2, 0.25) is 0 Å². The smallest absolute Gasteiger partial charge is 0.0444 e. The van der Waals surface area contributed by atoms with Crippen molar-refractivity contribution in [3.05, 3.63) is 29.3 Å². The summed E-state index contributed by atoms with van der Waals surface area (Å²) in [5, 5.41) is 3.67. The van der Waals surface area contributed by atoms with Crippen molar-refractivity contribution >= 4 is 5.69 Å². The van der Waals surface area contributed by atoms with Crippen LogP contribution in [0, 0.1) is 11.8 Å². The minimum atomic E-state index is 0.299. The fourth-order valence-corrected chi connectivity index (χ4v) is 3.30. The third kappa shape index (κ3) is 2.84. The van der Waals surface area contributed by atoms with Gasteiger partial charge in [-0.1, -0.05) is 19.1 Å². The molecule has 1 fully saturated rings. The molecule has 2 unspecified atom stereocenters. The average molecular weight is 273 g/mol. The molecule has 20 heavy (non-hydrogen) atoms. The number of nitrogens with zero attached hydrogens (tertiary/aromatic N) is 1. The van der Waals surface area contributed by atoms with Crippen LogP contribution in [0.25, 0.3) is 0 Å². The normalized spacial score (nSPS) is 20.9. The van der Waals surface area contributed by atoms with E-state index in [-0.39, 0.29) is 0 Å². The SMILES string of the molecule is CC(CNC(CN)c1ccc2c(c1)CCN2C)C1CC1. The Balaban J connectivity index is 1.66. The lowest BCUT2D eigenvalue weighted by Crippen LogP contribution is -2.32. The summed E-state index contributed by atoms with van der Waals surface area (Å²) < 4.78 is 0. The average Bonchev–Trinajstić information content (AvgIpc) is 3.25. The Morgan fingerprint density at radius 1 is 1.40 bits per heavy atom. The van der Waals surface area contributed by atoms with Gasteiger partial charge in [-0.3, -0.25) is 0 Å². The highest BCUT2D eigenvalue weighted by molar-refractivity contribution is 5.58. The predicted molar refractivity (Wildman–Crippen MR) is 85.1 cm³/mol. The molecule has 0 bridgehead atoms. The first-order valence-electron chi connectivity index (χ1n) is 7.96. The molecule has 0 radical (unpaired) electrons. The van der Waals surface area contributed by atoms with E-state index in [9.17, 15) is 0 Å². The van der Waals surface area contributed by atoms with Crippen molar-refractivity contribution in [2.75, 3.05) is 31.6 Å². The van der Waals surface area contributed by atoms with E-state index in [0.29, 0.717) is 12.6 Å². The third-order valence-corrected chi connectivity index (χ3v) is 4.98. The van der Waals surface area contributed by atoms with Gasteiger partial charge in [0.1, 0.15) is 0 Å². The van der Waals surface area contributed by atoms with E-state index in [1.807, 2.05) is 0 Å². The van der Waals surface area contributed by atoms with E-state index in [0.717, 1.165) is 31.3 Å². The zero-order valence-electron chi connectivity index (χ0n) is 12.7. The highest BCUT2D eigenvalue weighted by Gasteiger charge is 2.28. The topological polar surface area (TPSA) is 41.3 Å². The molecule has 1 heterocycles.